The van der Waals surface area contributed by atoms with Crippen LogP contribution in [-0.4, -0.2) is 66.1 Å². The maximum absolute atomic E-state index is 12.1. The quantitative estimate of drug-likeness (QED) is 0.427. The number of nitrogens with one attached hydrogen (secondary N) is 2. The summed E-state index contributed by atoms with van der Waals surface area (Å²) in [6.45, 7) is 9.25. The summed E-state index contributed by atoms with van der Waals surface area (Å²) in [4.78, 5) is 28.8. The number of hydrogen-bond acceptors (Lipinski definition) is 6. The first kappa shape index (κ1) is 17.8. The molecular formula is C17H22N4O3S. The molecule has 0 aliphatic carbocycles. The van der Waals surface area contributed by atoms with Crippen LogP contribution in [-0.2, 0) is 14.3 Å². The summed E-state index contributed by atoms with van der Waals surface area (Å²) in [5.74, 6) is -0.919. The first-order valence-corrected chi connectivity index (χ1v) is 8.71. The van der Waals surface area contributed by atoms with Crippen molar-refractivity contribution in [3.8, 4) is 0 Å². The molecule has 0 bridgehead atoms. The van der Waals surface area contributed by atoms with E-state index in [1.807, 2.05) is 26.0 Å². The highest BCUT2D eigenvalue weighted by atomic mass is 32.1. The maximum atomic E-state index is 12.1. The van der Waals surface area contributed by atoms with Gasteiger partial charge in [0.2, 0.25) is 0 Å². The molecule has 2 amide bonds. The van der Waals surface area contributed by atoms with Gasteiger partial charge in [0.1, 0.15) is 5.57 Å². The fourth-order valence-electron chi connectivity index (χ4n) is 3.22. The summed E-state index contributed by atoms with van der Waals surface area (Å²) < 4.78 is 5.37. The zero-order valence-electron chi connectivity index (χ0n) is 14.4. The summed E-state index contributed by atoms with van der Waals surface area (Å²) in [7, 11) is 0. The van der Waals surface area contributed by atoms with Crippen LogP contribution < -0.4 is 10.6 Å². The minimum Gasteiger partial charge on any atom is -0.379 e. The Morgan fingerprint density at radius 3 is 2.16 bits per heavy atom. The number of rotatable bonds is 3. The molecule has 0 aromatic rings. The predicted octanol–water partition coefficient (Wildman–Crippen LogP) is 0.269. The minimum atomic E-state index is -0.460. The van der Waals surface area contributed by atoms with Gasteiger partial charge in [-0.25, -0.2) is 0 Å². The van der Waals surface area contributed by atoms with Crippen LogP contribution in [0.1, 0.15) is 13.8 Å². The summed E-state index contributed by atoms with van der Waals surface area (Å²) >= 11 is 4.84. The number of allylic oxidation sites excluding steroid dienone is 5. The standard InChI is InChI=1S/C17H22N4O3S/c1-11-9-13(14-15(22)18-17(25)19-16(14)23)10-12(2)21(11)4-3-20-5-7-24-8-6-20/h9-10H,3-8H2,1-2H3,(H2,18,19,22,23,25). The number of hydrogen-bond donors (Lipinski definition) is 2. The van der Waals surface area contributed by atoms with Crippen LogP contribution >= 0.6 is 12.2 Å². The van der Waals surface area contributed by atoms with Crippen LogP contribution in [0.5, 0.6) is 0 Å². The molecule has 0 atom stereocenters. The molecule has 0 aromatic carbocycles. The van der Waals surface area contributed by atoms with Crippen LogP contribution in [0.3, 0.4) is 0 Å². The molecule has 8 heteroatoms. The van der Waals surface area contributed by atoms with Gasteiger partial charge in [-0.3, -0.25) is 25.1 Å². The summed E-state index contributed by atoms with van der Waals surface area (Å²) in [5, 5.41) is 5.00. The maximum Gasteiger partial charge on any atom is 0.263 e. The summed E-state index contributed by atoms with van der Waals surface area (Å²) in [6, 6.07) is 0. The topological polar surface area (TPSA) is 73.9 Å². The number of carbonyl (C=O) groups excluding carboxylic acids is 2. The highest BCUT2D eigenvalue weighted by Gasteiger charge is 2.29. The second-order valence-electron chi connectivity index (χ2n) is 6.24. The molecule has 134 valence electrons. The van der Waals surface area contributed by atoms with Gasteiger partial charge in [0.25, 0.3) is 11.8 Å². The molecule has 2 fully saturated rings. The van der Waals surface area contributed by atoms with Crippen LogP contribution in [0, 0.1) is 0 Å². The van der Waals surface area contributed by atoms with E-state index < -0.39 is 11.8 Å². The van der Waals surface area contributed by atoms with E-state index >= 15 is 0 Å². The molecule has 25 heavy (non-hydrogen) atoms. The van der Waals surface area contributed by atoms with Gasteiger partial charge in [0, 0.05) is 37.6 Å². The molecule has 0 saturated carbocycles. The van der Waals surface area contributed by atoms with Crippen molar-refractivity contribution >= 4 is 29.1 Å². The van der Waals surface area contributed by atoms with Crippen molar-refractivity contribution in [3.63, 3.8) is 0 Å². The average Bonchev–Trinajstić information content (AvgIpc) is 2.54. The Morgan fingerprint density at radius 2 is 1.60 bits per heavy atom. The molecule has 3 rings (SSSR count). The smallest absolute Gasteiger partial charge is 0.263 e. The number of thiocarbonyl (C=S) groups is 1. The SMILES string of the molecule is CC1=CC(=C2C(=O)NC(=S)NC2=O)C=C(C)N1CCN1CCOCC1. The highest BCUT2D eigenvalue weighted by Crippen LogP contribution is 2.25. The van der Waals surface area contributed by atoms with E-state index in [1.165, 1.54) is 0 Å². The van der Waals surface area contributed by atoms with Crippen molar-refractivity contribution in [1.82, 2.24) is 20.4 Å². The second kappa shape index (κ2) is 7.47. The number of carbonyl (C=O) groups is 2. The number of amides is 2. The van der Waals surface area contributed by atoms with Gasteiger partial charge in [-0.15, -0.1) is 0 Å². The van der Waals surface area contributed by atoms with E-state index in [1.54, 1.807) is 0 Å². The van der Waals surface area contributed by atoms with Crippen molar-refractivity contribution in [1.29, 1.82) is 0 Å². The first-order chi connectivity index (χ1) is 12.0. The van der Waals surface area contributed by atoms with Gasteiger partial charge >= 0.3 is 0 Å². The van der Waals surface area contributed by atoms with Crippen LogP contribution in [0.2, 0.25) is 0 Å². The van der Waals surface area contributed by atoms with E-state index in [9.17, 15) is 9.59 Å². The largest absolute Gasteiger partial charge is 0.379 e. The Kier molecular flexibility index (Phi) is 5.31. The molecule has 3 aliphatic rings. The van der Waals surface area contributed by atoms with Crippen molar-refractivity contribution in [2.45, 2.75) is 13.8 Å². The molecular weight excluding hydrogens is 340 g/mol. The molecule has 0 unspecified atom stereocenters. The van der Waals surface area contributed by atoms with Crippen molar-refractivity contribution in [3.05, 3.63) is 34.7 Å². The zero-order valence-corrected chi connectivity index (χ0v) is 15.2. The minimum absolute atomic E-state index is 0.0451. The highest BCUT2D eigenvalue weighted by molar-refractivity contribution is 7.80. The Hall–Kier alpha value is -2.03. The van der Waals surface area contributed by atoms with Crippen LogP contribution in [0.15, 0.2) is 34.7 Å². The Labute approximate surface area is 152 Å². The third kappa shape index (κ3) is 3.97. The van der Waals surface area contributed by atoms with Gasteiger partial charge in [-0.1, -0.05) is 0 Å². The Morgan fingerprint density at radius 1 is 1.04 bits per heavy atom. The van der Waals surface area contributed by atoms with Crippen LogP contribution in [0.25, 0.3) is 0 Å². The summed E-state index contributed by atoms with van der Waals surface area (Å²) in [6.07, 6.45) is 3.74. The van der Waals surface area contributed by atoms with Crippen molar-refractivity contribution in [2.75, 3.05) is 39.4 Å². The average molecular weight is 362 g/mol. The normalized spacial score (nSPS) is 22.5. The van der Waals surface area contributed by atoms with E-state index in [0.717, 1.165) is 50.8 Å². The molecule has 7 nitrogen and oxygen atoms in total. The number of nitrogens with zero attached hydrogens (tertiary/aromatic N) is 2. The molecule has 0 aromatic heterocycles. The fraction of sp³-hybridized carbons (Fsp3) is 0.471. The Balaban J connectivity index is 1.75. The summed E-state index contributed by atoms with van der Waals surface area (Å²) in [5.41, 5.74) is 2.71. The Bertz CT molecular complexity index is 661. The second-order valence-corrected chi connectivity index (χ2v) is 6.65. The fourth-order valence-corrected chi connectivity index (χ4v) is 3.40. The van der Waals surface area contributed by atoms with Gasteiger partial charge in [-0.2, -0.15) is 0 Å². The zero-order chi connectivity index (χ0) is 18.0. The monoisotopic (exact) mass is 362 g/mol. The molecule has 0 spiro atoms. The van der Waals surface area contributed by atoms with E-state index in [4.69, 9.17) is 17.0 Å². The predicted molar refractivity (Wildman–Crippen MR) is 97.4 cm³/mol. The molecule has 0 radical (unpaired) electrons. The number of morpholine rings is 1. The lowest BCUT2D eigenvalue weighted by atomic mass is 10.00. The van der Waals surface area contributed by atoms with Crippen LogP contribution in [0.4, 0.5) is 0 Å². The van der Waals surface area contributed by atoms with Gasteiger partial charge in [-0.05, 0) is 43.8 Å². The first-order valence-electron chi connectivity index (χ1n) is 8.31. The van der Waals surface area contributed by atoms with Crippen molar-refractivity contribution < 1.29 is 14.3 Å². The van der Waals surface area contributed by atoms with E-state index in [2.05, 4.69) is 20.4 Å². The van der Waals surface area contributed by atoms with Gasteiger partial charge in [0.05, 0.1) is 13.2 Å². The molecule has 2 N–H and O–H groups in total. The van der Waals surface area contributed by atoms with E-state index in [-0.39, 0.29) is 10.7 Å². The number of ether oxygens (including phenoxy) is 1. The molecule has 3 heterocycles. The van der Waals surface area contributed by atoms with E-state index in [0.29, 0.717) is 5.57 Å². The lowest BCUT2D eigenvalue weighted by Crippen LogP contribution is -2.51. The molecule has 3 aliphatic heterocycles. The lowest BCUT2D eigenvalue weighted by Gasteiger charge is -2.34. The molecule has 2 saturated heterocycles. The van der Waals surface area contributed by atoms with Crippen molar-refractivity contribution in [2.24, 2.45) is 0 Å². The third-order valence-corrected chi connectivity index (χ3v) is 4.72. The lowest BCUT2D eigenvalue weighted by molar-refractivity contribution is -0.123. The third-order valence-electron chi connectivity index (χ3n) is 4.52. The van der Waals surface area contributed by atoms with Gasteiger partial charge in [0.15, 0.2) is 5.11 Å². The van der Waals surface area contributed by atoms with Gasteiger partial charge < -0.3 is 9.64 Å².